The van der Waals surface area contributed by atoms with Crippen LogP contribution in [0.1, 0.15) is 27.8 Å². The highest BCUT2D eigenvalue weighted by Crippen LogP contribution is 2.19. The molecule has 0 bridgehead atoms. The lowest BCUT2D eigenvalue weighted by atomic mass is 10.1. The lowest BCUT2D eigenvalue weighted by Crippen LogP contribution is -2.03. The molecule has 0 unspecified atom stereocenters. The molecule has 0 aliphatic rings. The van der Waals surface area contributed by atoms with Gasteiger partial charge >= 0.3 is 0 Å². The third-order valence-electron chi connectivity index (χ3n) is 2.99. The zero-order chi connectivity index (χ0) is 13.4. The van der Waals surface area contributed by atoms with Crippen LogP contribution in [0.5, 0.6) is 0 Å². The van der Waals surface area contributed by atoms with E-state index in [-0.39, 0.29) is 12.2 Å². The average molecular weight is 255 g/mol. The fourth-order valence-corrected chi connectivity index (χ4v) is 2.14. The summed E-state index contributed by atoms with van der Waals surface area (Å²) in [5.41, 5.74) is 2.07. The summed E-state index contributed by atoms with van der Waals surface area (Å²) in [5.74, 6) is 1.77. The van der Waals surface area contributed by atoms with Gasteiger partial charge in [0.05, 0.1) is 12.0 Å². The average Bonchev–Trinajstić information content (AvgIpc) is 2.91. The smallest absolute Gasteiger partial charge is 0.203 e. The summed E-state index contributed by atoms with van der Waals surface area (Å²) in [4.78, 5) is 16.5. The molecule has 0 saturated carbocycles. The standard InChI is InChI=1S/C15H13NO3/c1-9-7-11(10(2)18-9)13(17)8-15-16-12-5-3-4-6-14(12)19-15/h3-7H,8H2,1-2H3. The first-order valence-corrected chi connectivity index (χ1v) is 6.08. The van der Waals surface area contributed by atoms with Gasteiger partial charge in [0.25, 0.3) is 0 Å². The number of rotatable bonds is 3. The molecule has 4 nitrogen and oxygen atoms in total. The number of carbonyl (C=O) groups excluding carboxylic acids is 1. The SMILES string of the molecule is Cc1cc(C(=O)Cc2nc3ccccc3o2)c(C)o1. The van der Waals surface area contributed by atoms with Gasteiger partial charge in [0.15, 0.2) is 11.4 Å². The van der Waals surface area contributed by atoms with E-state index in [1.807, 2.05) is 31.2 Å². The Hall–Kier alpha value is -2.36. The molecule has 19 heavy (non-hydrogen) atoms. The second-order valence-corrected chi connectivity index (χ2v) is 4.50. The van der Waals surface area contributed by atoms with E-state index >= 15 is 0 Å². The van der Waals surface area contributed by atoms with Crippen LogP contribution in [0, 0.1) is 13.8 Å². The van der Waals surface area contributed by atoms with Gasteiger partial charge in [-0.25, -0.2) is 4.98 Å². The van der Waals surface area contributed by atoms with Crippen molar-refractivity contribution in [1.82, 2.24) is 4.98 Å². The molecule has 0 saturated heterocycles. The largest absolute Gasteiger partial charge is 0.466 e. The Labute approximate surface area is 110 Å². The molecule has 96 valence electrons. The Bertz CT molecular complexity index is 719. The Morgan fingerprint density at radius 1 is 1.21 bits per heavy atom. The first-order valence-electron chi connectivity index (χ1n) is 6.08. The summed E-state index contributed by atoms with van der Waals surface area (Å²) < 4.78 is 10.9. The third-order valence-corrected chi connectivity index (χ3v) is 2.99. The van der Waals surface area contributed by atoms with Crippen LogP contribution in [0.2, 0.25) is 0 Å². The highest BCUT2D eigenvalue weighted by molar-refractivity contribution is 5.98. The van der Waals surface area contributed by atoms with Gasteiger partial charge in [-0.3, -0.25) is 4.79 Å². The van der Waals surface area contributed by atoms with E-state index in [1.165, 1.54) is 0 Å². The number of nitrogens with zero attached hydrogens (tertiary/aromatic N) is 1. The number of aryl methyl sites for hydroxylation is 2. The molecule has 2 heterocycles. The summed E-state index contributed by atoms with van der Waals surface area (Å²) in [5, 5.41) is 0. The normalized spacial score (nSPS) is 11.1. The van der Waals surface area contributed by atoms with Crippen molar-refractivity contribution < 1.29 is 13.6 Å². The quantitative estimate of drug-likeness (QED) is 0.672. The molecule has 0 fully saturated rings. The minimum absolute atomic E-state index is 0.0408. The van der Waals surface area contributed by atoms with Gasteiger partial charge in [-0.1, -0.05) is 12.1 Å². The molecule has 1 aromatic carbocycles. The van der Waals surface area contributed by atoms with Gasteiger partial charge in [0.1, 0.15) is 17.0 Å². The second-order valence-electron chi connectivity index (χ2n) is 4.50. The molecular formula is C15H13NO3. The second kappa shape index (κ2) is 4.39. The van der Waals surface area contributed by atoms with Crippen molar-refractivity contribution in [3.63, 3.8) is 0 Å². The van der Waals surface area contributed by atoms with Gasteiger partial charge in [0.2, 0.25) is 5.89 Å². The number of para-hydroxylation sites is 2. The molecule has 0 radical (unpaired) electrons. The number of ketones is 1. The lowest BCUT2D eigenvalue weighted by molar-refractivity contribution is 0.0984. The molecule has 3 aromatic rings. The molecular weight excluding hydrogens is 242 g/mol. The van der Waals surface area contributed by atoms with Gasteiger partial charge in [-0.05, 0) is 32.0 Å². The van der Waals surface area contributed by atoms with E-state index in [0.717, 1.165) is 11.3 Å². The van der Waals surface area contributed by atoms with E-state index in [9.17, 15) is 4.79 Å². The van der Waals surface area contributed by atoms with Crippen LogP contribution in [0.3, 0.4) is 0 Å². The zero-order valence-electron chi connectivity index (χ0n) is 10.8. The van der Waals surface area contributed by atoms with Crippen LogP contribution in [0.15, 0.2) is 39.2 Å². The number of oxazole rings is 1. The minimum Gasteiger partial charge on any atom is -0.466 e. The van der Waals surface area contributed by atoms with Crippen LogP contribution in [-0.4, -0.2) is 10.8 Å². The van der Waals surface area contributed by atoms with Crippen LogP contribution >= 0.6 is 0 Å². The summed E-state index contributed by atoms with van der Waals surface area (Å²) in [6.07, 6.45) is 0.147. The molecule has 0 amide bonds. The Morgan fingerprint density at radius 3 is 2.68 bits per heavy atom. The van der Waals surface area contributed by atoms with Crippen LogP contribution in [0.25, 0.3) is 11.1 Å². The van der Waals surface area contributed by atoms with E-state index < -0.39 is 0 Å². The maximum absolute atomic E-state index is 12.2. The van der Waals surface area contributed by atoms with E-state index in [2.05, 4.69) is 4.98 Å². The zero-order valence-corrected chi connectivity index (χ0v) is 10.8. The van der Waals surface area contributed by atoms with Gasteiger partial charge in [-0.2, -0.15) is 0 Å². The van der Waals surface area contributed by atoms with Crippen molar-refractivity contribution in [1.29, 1.82) is 0 Å². The summed E-state index contributed by atoms with van der Waals surface area (Å²) >= 11 is 0. The van der Waals surface area contributed by atoms with Crippen molar-refractivity contribution in [2.75, 3.05) is 0 Å². The predicted molar refractivity (Wildman–Crippen MR) is 70.2 cm³/mol. The predicted octanol–water partition coefficient (Wildman–Crippen LogP) is 3.46. The van der Waals surface area contributed by atoms with Crippen molar-refractivity contribution in [3.05, 3.63) is 53.3 Å². The molecule has 0 aliphatic heterocycles. The number of aromatic nitrogens is 1. The van der Waals surface area contributed by atoms with Crippen molar-refractivity contribution in [2.24, 2.45) is 0 Å². The van der Waals surface area contributed by atoms with Gasteiger partial charge < -0.3 is 8.83 Å². The van der Waals surface area contributed by atoms with Crippen molar-refractivity contribution in [2.45, 2.75) is 20.3 Å². The minimum atomic E-state index is -0.0408. The van der Waals surface area contributed by atoms with Crippen LogP contribution in [-0.2, 0) is 6.42 Å². The summed E-state index contributed by atoms with van der Waals surface area (Å²) in [6.45, 7) is 3.61. The maximum Gasteiger partial charge on any atom is 0.203 e. The number of furan rings is 1. The van der Waals surface area contributed by atoms with Gasteiger partial charge in [-0.15, -0.1) is 0 Å². The number of fused-ring (bicyclic) bond motifs is 1. The van der Waals surface area contributed by atoms with E-state index in [4.69, 9.17) is 8.83 Å². The maximum atomic E-state index is 12.2. The third kappa shape index (κ3) is 2.17. The molecule has 0 spiro atoms. The van der Waals surface area contributed by atoms with Gasteiger partial charge in [0, 0.05) is 0 Å². The fraction of sp³-hybridized carbons (Fsp3) is 0.200. The van der Waals surface area contributed by atoms with E-state index in [0.29, 0.717) is 22.8 Å². The van der Waals surface area contributed by atoms with Crippen LogP contribution in [0.4, 0.5) is 0 Å². The Kier molecular flexibility index (Phi) is 2.71. The highest BCUT2D eigenvalue weighted by atomic mass is 16.3. The fourth-order valence-electron chi connectivity index (χ4n) is 2.14. The molecule has 0 aliphatic carbocycles. The number of benzene rings is 1. The molecule has 3 rings (SSSR count). The molecule has 2 aromatic heterocycles. The molecule has 0 atom stereocenters. The first-order chi connectivity index (χ1) is 9.13. The topological polar surface area (TPSA) is 56.2 Å². The van der Waals surface area contributed by atoms with E-state index in [1.54, 1.807) is 13.0 Å². The first kappa shape index (κ1) is 11.7. The summed E-state index contributed by atoms with van der Waals surface area (Å²) in [7, 11) is 0. The van der Waals surface area contributed by atoms with Crippen molar-refractivity contribution in [3.8, 4) is 0 Å². The number of hydrogen-bond acceptors (Lipinski definition) is 4. The number of carbonyl (C=O) groups is 1. The Morgan fingerprint density at radius 2 is 2.00 bits per heavy atom. The highest BCUT2D eigenvalue weighted by Gasteiger charge is 2.17. The molecule has 0 N–H and O–H groups in total. The summed E-state index contributed by atoms with van der Waals surface area (Å²) in [6, 6.07) is 9.21. The Balaban J connectivity index is 1.88. The number of Topliss-reactive ketones (excluding diaryl/α,β-unsaturated/α-hetero) is 1. The monoisotopic (exact) mass is 255 g/mol. The molecule has 4 heteroatoms. The van der Waals surface area contributed by atoms with Crippen LogP contribution < -0.4 is 0 Å². The van der Waals surface area contributed by atoms with Crippen molar-refractivity contribution >= 4 is 16.9 Å². The number of hydrogen-bond donors (Lipinski definition) is 0. The lowest BCUT2D eigenvalue weighted by Gasteiger charge is -1.94.